The summed E-state index contributed by atoms with van der Waals surface area (Å²) in [6.07, 6.45) is 2.01. The first kappa shape index (κ1) is 16.1. The quantitative estimate of drug-likeness (QED) is 0.833. The molecule has 1 atom stereocenters. The van der Waals surface area contributed by atoms with E-state index in [4.69, 9.17) is 0 Å². The van der Waals surface area contributed by atoms with E-state index in [2.05, 4.69) is 30.0 Å². The lowest BCUT2D eigenvalue weighted by atomic mass is 10.2. The minimum absolute atomic E-state index is 0.113. The summed E-state index contributed by atoms with van der Waals surface area (Å²) < 4.78 is 23.9. The molecule has 0 fully saturated rings. The number of hydrogen-bond donors (Lipinski definition) is 2. The van der Waals surface area contributed by atoms with Gasteiger partial charge in [0.05, 0.1) is 18.8 Å². The van der Waals surface area contributed by atoms with Crippen LogP contribution in [0, 0.1) is 6.92 Å². The van der Waals surface area contributed by atoms with Gasteiger partial charge in [0, 0.05) is 9.75 Å². The molecule has 0 radical (unpaired) electrons. The Morgan fingerprint density at radius 1 is 1.47 bits per heavy atom. The molecule has 0 saturated carbocycles. The highest BCUT2D eigenvalue weighted by atomic mass is 32.2. The number of thiophene rings is 1. The molecule has 1 heterocycles. The molecule has 7 heteroatoms. The standard InChI is InChI=1S/C12H20N2O3S2/c1-5-10-8(2)6-11(18-10)9(3)14-12(15)7-13-19(4,16)17/h6,9,13H,5,7H2,1-4H3,(H,14,15)/t9-/m1/s1. The first-order chi connectivity index (χ1) is 8.73. The van der Waals surface area contributed by atoms with Gasteiger partial charge < -0.3 is 5.32 Å². The van der Waals surface area contributed by atoms with E-state index in [0.717, 1.165) is 17.6 Å². The first-order valence-corrected chi connectivity index (χ1v) is 8.77. The third kappa shape index (κ3) is 5.30. The number of rotatable bonds is 6. The van der Waals surface area contributed by atoms with E-state index in [-0.39, 0.29) is 18.5 Å². The number of nitrogens with one attached hydrogen (secondary N) is 2. The summed E-state index contributed by atoms with van der Waals surface area (Å²) in [4.78, 5) is 14.0. The number of aryl methyl sites for hydroxylation is 2. The zero-order chi connectivity index (χ0) is 14.6. The highest BCUT2D eigenvalue weighted by Crippen LogP contribution is 2.27. The van der Waals surface area contributed by atoms with E-state index in [9.17, 15) is 13.2 Å². The molecule has 19 heavy (non-hydrogen) atoms. The maximum absolute atomic E-state index is 11.6. The van der Waals surface area contributed by atoms with E-state index >= 15 is 0 Å². The summed E-state index contributed by atoms with van der Waals surface area (Å²) >= 11 is 1.68. The van der Waals surface area contributed by atoms with Crippen molar-refractivity contribution < 1.29 is 13.2 Å². The largest absolute Gasteiger partial charge is 0.348 e. The molecule has 0 aliphatic carbocycles. The second-order valence-corrected chi connectivity index (χ2v) is 7.49. The minimum Gasteiger partial charge on any atom is -0.348 e. The monoisotopic (exact) mass is 304 g/mol. The Kier molecular flexibility index (Phi) is 5.51. The normalized spacial score (nSPS) is 13.3. The van der Waals surface area contributed by atoms with Crippen molar-refractivity contribution in [2.45, 2.75) is 33.2 Å². The van der Waals surface area contributed by atoms with Crippen LogP contribution >= 0.6 is 11.3 Å². The molecule has 0 aromatic carbocycles. The lowest BCUT2D eigenvalue weighted by Gasteiger charge is -2.12. The number of carbonyl (C=O) groups is 1. The lowest BCUT2D eigenvalue weighted by molar-refractivity contribution is -0.120. The van der Waals surface area contributed by atoms with Crippen molar-refractivity contribution in [3.05, 3.63) is 21.4 Å². The number of hydrogen-bond acceptors (Lipinski definition) is 4. The van der Waals surface area contributed by atoms with Gasteiger partial charge in [-0.05, 0) is 31.9 Å². The molecule has 1 amide bonds. The van der Waals surface area contributed by atoms with Gasteiger partial charge in [-0.3, -0.25) is 4.79 Å². The second-order valence-electron chi connectivity index (χ2n) is 4.49. The molecule has 0 aliphatic heterocycles. The summed E-state index contributed by atoms with van der Waals surface area (Å²) in [5.74, 6) is -0.331. The summed E-state index contributed by atoms with van der Waals surface area (Å²) in [5, 5.41) is 2.78. The Bertz CT molecular complexity index is 549. The summed E-state index contributed by atoms with van der Waals surface area (Å²) in [5.41, 5.74) is 1.23. The van der Waals surface area contributed by atoms with Gasteiger partial charge in [-0.25, -0.2) is 13.1 Å². The molecule has 0 saturated heterocycles. The summed E-state index contributed by atoms with van der Waals surface area (Å²) in [6, 6.07) is 1.95. The highest BCUT2D eigenvalue weighted by Gasteiger charge is 2.14. The van der Waals surface area contributed by atoms with Crippen LogP contribution < -0.4 is 10.0 Å². The fourth-order valence-electron chi connectivity index (χ4n) is 1.67. The van der Waals surface area contributed by atoms with Gasteiger partial charge in [-0.2, -0.15) is 0 Å². The van der Waals surface area contributed by atoms with Crippen LogP contribution in [0.1, 0.15) is 35.2 Å². The third-order valence-electron chi connectivity index (χ3n) is 2.66. The maximum Gasteiger partial charge on any atom is 0.235 e. The molecular weight excluding hydrogens is 284 g/mol. The van der Waals surface area contributed by atoms with E-state index in [1.54, 1.807) is 11.3 Å². The maximum atomic E-state index is 11.6. The molecule has 108 valence electrons. The predicted molar refractivity (Wildman–Crippen MR) is 77.8 cm³/mol. The molecular formula is C12H20N2O3S2. The Labute approximate surface area is 118 Å². The highest BCUT2D eigenvalue weighted by molar-refractivity contribution is 7.88. The van der Waals surface area contributed by atoms with Crippen molar-refractivity contribution in [1.29, 1.82) is 0 Å². The third-order valence-corrected chi connectivity index (χ3v) is 4.89. The van der Waals surface area contributed by atoms with E-state index in [1.807, 2.05) is 6.92 Å². The average Bonchev–Trinajstić information content (AvgIpc) is 2.67. The molecule has 2 N–H and O–H groups in total. The van der Waals surface area contributed by atoms with Gasteiger partial charge in [0.25, 0.3) is 0 Å². The van der Waals surface area contributed by atoms with Crippen molar-refractivity contribution in [3.8, 4) is 0 Å². The molecule has 5 nitrogen and oxygen atoms in total. The van der Waals surface area contributed by atoms with Gasteiger partial charge in [0.1, 0.15) is 0 Å². The number of amides is 1. The van der Waals surface area contributed by atoms with Gasteiger partial charge in [-0.1, -0.05) is 6.92 Å². The minimum atomic E-state index is -3.33. The van der Waals surface area contributed by atoms with Crippen LogP contribution in [0.3, 0.4) is 0 Å². The van der Waals surface area contributed by atoms with Gasteiger partial charge in [0.2, 0.25) is 15.9 Å². The number of sulfonamides is 1. The van der Waals surface area contributed by atoms with Gasteiger partial charge >= 0.3 is 0 Å². The fourth-order valence-corrected chi connectivity index (χ4v) is 3.18. The Morgan fingerprint density at radius 3 is 2.58 bits per heavy atom. The topological polar surface area (TPSA) is 75.3 Å². The Morgan fingerprint density at radius 2 is 2.11 bits per heavy atom. The first-order valence-electron chi connectivity index (χ1n) is 6.06. The van der Waals surface area contributed by atoms with Gasteiger partial charge in [-0.15, -0.1) is 11.3 Å². The predicted octanol–water partition coefficient (Wildman–Crippen LogP) is 1.35. The van der Waals surface area contributed by atoms with Gasteiger partial charge in [0.15, 0.2) is 0 Å². The summed E-state index contributed by atoms with van der Waals surface area (Å²) in [6.45, 7) is 5.82. The molecule has 1 aromatic heterocycles. The van der Waals surface area contributed by atoms with Crippen molar-refractivity contribution in [2.24, 2.45) is 0 Å². The lowest BCUT2D eigenvalue weighted by Crippen LogP contribution is -2.37. The van der Waals surface area contributed by atoms with Crippen LogP contribution in [0.2, 0.25) is 0 Å². The molecule has 1 aromatic rings. The van der Waals surface area contributed by atoms with E-state index in [0.29, 0.717) is 0 Å². The fraction of sp³-hybridized carbons (Fsp3) is 0.583. The smallest absolute Gasteiger partial charge is 0.235 e. The van der Waals surface area contributed by atoms with Crippen molar-refractivity contribution in [2.75, 3.05) is 12.8 Å². The summed E-state index contributed by atoms with van der Waals surface area (Å²) in [7, 11) is -3.33. The molecule has 0 aliphatic rings. The van der Waals surface area contributed by atoms with Crippen molar-refractivity contribution in [3.63, 3.8) is 0 Å². The zero-order valence-electron chi connectivity index (χ0n) is 11.6. The zero-order valence-corrected chi connectivity index (χ0v) is 13.2. The molecule has 1 rings (SSSR count). The SMILES string of the molecule is CCc1sc([C@@H](C)NC(=O)CNS(C)(=O)=O)cc1C. The van der Waals surface area contributed by atoms with E-state index < -0.39 is 10.0 Å². The van der Waals surface area contributed by atoms with Crippen molar-refractivity contribution in [1.82, 2.24) is 10.0 Å². The van der Waals surface area contributed by atoms with Crippen LogP contribution in [0.5, 0.6) is 0 Å². The van der Waals surface area contributed by atoms with Crippen LogP contribution in [0.4, 0.5) is 0 Å². The number of carbonyl (C=O) groups excluding carboxylic acids is 1. The van der Waals surface area contributed by atoms with Crippen LogP contribution in [-0.4, -0.2) is 27.1 Å². The molecule has 0 bridgehead atoms. The molecule has 0 spiro atoms. The van der Waals surface area contributed by atoms with Crippen LogP contribution in [-0.2, 0) is 21.2 Å². The Balaban J connectivity index is 2.58. The second kappa shape index (κ2) is 6.49. The van der Waals surface area contributed by atoms with Crippen LogP contribution in [0.25, 0.3) is 0 Å². The molecule has 0 unspecified atom stereocenters. The Hall–Kier alpha value is -0.920. The average molecular weight is 304 g/mol. The van der Waals surface area contributed by atoms with E-state index in [1.165, 1.54) is 10.4 Å². The van der Waals surface area contributed by atoms with Crippen molar-refractivity contribution >= 4 is 27.3 Å². The van der Waals surface area contributed by atoms with Crippen LogP contribution in [0.15, 0.2) is 6.07 Å².